The van der Waals surface area contributed by atoms with Gasteiger partial charge in [0, 0.05) is 12.3 Å². The van der Waals surface area contributed by atoms with Crippen molar-refractivity contribution >= 4 is 11.0 Å². The molecular formula is C19H17NO7. The first-order valence-electron chi connectivity index (χ1n) is 8.34. The van der Waals surface area contributed by atoms with Gasteiger partial charge in [0.1, 0.15) is 35.9 Å². The maximum Gasteiger partial charge on any atom is 0.228 e. The first kappa shape index (κ1) is 17.6. The fraction of sp³-hybridized carbons (Fsp3) is 0.263. The van der Waals surface area contributed by atoms with Crippen molar-refractivity contribution in [3.63, 3.8) is 0 Å². The number of aliphatic hydroxyl groups excluding tert-OH is 3. The van der Waals surface area contributed by atoms with Crippen LogP contribution in [0.1, 0.15) is 0 Å². The number of pyridine rings is 1. The number of fused-ring (bicyclic) bond motifs is 1. The number of hydrogen-bond acceptors (Lipinski definition) is 8. The third-order valence-corrected chi connectivity index (χ3v) is 4.39. The van der Waals surface area contributed by atoms with Crippen LogP contribution in [-0.2, 0) is 4.74 Å². The third kappa shape index (κ3) is 3.31. The Balaban J connectivity index is 1.63. The summed E-state index contributed by atoms with van der Waals surface area (Å²) < 4.78 is 16.3. The number of ether oxygens (including phenoxy) is 2. The van der Waals surface area contributed by atoms with Gasteiger partial charge >= 0.3 is 0 Å². The van der Waals surface area contributed by atoms with E-state index in [2.05, 4.69) is 4.98 Å². The molecule has 1 aliphatic heterocycles. The highest BCUT2D eigenvalue weighted by molar-refractivity contribution is 5.81. The topological polar surface area (TPSA) is 122 Å². The van der Waals surface area contributed by atoms with Crippen LogP contribution in [0.5, 0.6) is 5.75 Å². The van der Waals surface area contributed by atoms with Gasteiger partial charge in [0.25, 0.3) is 0 Å². The van der Waals surface area contributed by atoms with Crippen molar-refractivity contribution in [2.45, 2.75) is 24.6 Å². The summed E-state index contributed by atoms with van der Waals surface area (Å²) in [6, 6.07) is 9.83. The summed E-state index contributed by atoms with van der Waals surface area (Å²) in [6.45, 7) is -0.168. The standard InChI is InChI=1S/C19H17NO7/c21-14-9-26-19(18(24)17(14)23)27-10-4-5-11-15(7-10)25-8-12(16(11)22)13-3-1-2-6-20-13/h1-8,14,17-19,21,23-24H,9H2/t14-,17-,18-,19-/m1/s1. The SMILES string of the molecule is O=c1c(-c2ccccn2)coc2cc(O[C@H]3OC[C@@H](O)[C@@H](O)[C@H]3O)ccc12. The van der Waals surface area contributed by atoms with Gasteiger partial charge in [-0.25, -0.2) is 0 Å². The maximum atomic E-state index is 12.7. The van der Waals surface area contributed by atoms with E-state index in [1.54, 1.807) is 30.5 Å². The smallest absolute Gasteiger partial charge is 0.228 e. The zero-order chi connectivity index (χ0) is 19.0. The fourth-order valence-electron chi connectivity index (χ4n) is 2.90. The van der Waals surface area contributed by atoms with Gasteiger partial charge in [-0.15, -0.1) is 0 Å². The number of hydrogen-bond donors (Lipinski definition) is 3. The molecule has 27 heavy (non-hydrogen) atoms. The maximum absolute atomic E-state index is 12.7. The lowest BCUT2D eigenvalue weighted by Crippen LogP contribution is -2.54. The molecule has 3 aromatic rings. The van der Waals surface area contributed by atoms with Crippen molar-refractivity contribution in [3.8, 4) is 17.0 Å². The van der Waals surface area contributed by atoms with Crippen molar-refractivity contribution in [2.24, 2.45) is 0 Å². The minimum atomic E-state index is -1.41. The van der Waals surface area contributed by atoms with Gasteiger partial charge in [-0.05, 0) is 24.3 Å². The van der Waals surface area contributed by atoms with E-state index >= 15 is 0 Å². The third-order valence-electron chi connectivity index (χ3n) is 4.39. The molecule has 8 heteroatoms. The molecule has 4 atom stereocenters. The highest BCUT2D eigenvalue weighted by Gasteiger charge is 2.39. The van der Waals surface area contributed by atoms with Gasteiger partial charge in [0.15, 0.2) is 0 Å². The molecule has 3 N–H and O–H groups in total. The average Bonchev–Trinajstić information content (AvgIpc) is 2.69. The van der Waals surface area contributed by atoms with E-state index in [4.69, 9.17) is 13.9 Å². The van der Waals surface area contributed by atoms with Crippen LogP contribution >= 0.6 is 0 Å². The molecule has 0 radical (unpaired) electrons. The van der Waals surface area contributed by atoms with E-state index in [9.17, 15) is 20.1 Å². The molecule has 8 nitrogen and oxygen atoms in total. The van der Waals surface area contributed by atoms with Crippen molar-refractivity contribution < 1.29 is 29.2 Å². The minimum absolute atomic E-state index is 0.168. The van der Waals surface area contributed by atoms with Crippen LogP contribution in [0, 0.1) is 0 Å². The summed E-state index contributed by atoms with van der Waals surface area (Å²) in [7, 11) is 0. The molecule has 0 bridgehead atoms. The zero-order valence-electron chi connectivity index (χ0n) is 14.1. The van der Waals surface area contributed by atoms with E-state index in [1.165, 1.54) is 18.4 Å². The summed E-state index contributed by atoms with van der Waals surface area (Å²) in [6.07, 6.45) is -2.19. The lowest BCUT2D eigenvalue weighted by Gasteiger charge is -2.34. The summed E-state index contributed by atoms with van der Waals surface area (Å²) in [5.41, 5.74) is 0.928. The molecular weight excluding hydrogens is 354 g/mol. The van der Waals surface area contributed by atoms with Crippen LogP contribution in [0.25, 0.3) is 22.2 Å². The van der Waals surface area contributed by atoms with E-state index in [0.717, 1.165) is 0 Å². The molecule has 1 aliphatic rings. The second-order valence-corrected chi connectivity index (χ2v) is 6.22. The lowest BCUT2D eigenvalue weighted by molar-refractivity contribution is -0.242. The molecule has 0 spiro atoms. The Bertz CT molecular complexity index is 1000. The molecule has 0 amide bonds. The van der Waals surface area contributed by atoms with Gasteiger partial charge in [-0.3, -0.25) is 9.78 Å². The van der Waals surface area contributed by atoms with Crippen LogP contribution in [-0.4, -0.2) is 51.5 Å². The van der Waals surface area contributed by atoms with Crippen molar-refractivity contribution in [1.82, 2.24) is 4.98 Å². The number of nitrogens with zero attached hydrogens (tertiary/aromatic N) is 1. The molecule has 0 saturated carbocycles. The van der Waals surface area contributed by atoms with Gasteiger partial charge in [-0.2, -0.15) is 0 Å². The molecule has 140 valence electrons. The Morgan fingerprint density at radius 1 is 1.11 bits per heavy atom. The Hall–Kier alpha value is -2.78. The first-order chi connectivity index (χ1) is 13.0. The van der Waals surface area contributed by atoms with Crippen LogP contribution in [0.4, 0.5) is 0 Å². The average molecular weight is 371 g/mol. The van der Waals surface area contributed by atoms with Gasteiger partial charge in [0.05, 0.1) is 23.3 Å². The molecule has 3 heterocycles. The van der Waals surface area contributed by atoms with Gasteiger partial charge < -0.3 is 29.2 Å². The molecule has 0 unspecified atom stereocenters. The normalized spacial score (nSPS) is 25.4. The number of aromatic nitrogens is 1. The molecule has 1 fully saturated rings. The zero-order valence-corrected chi connectivity index (χ0v) is 14.1. The Kier molecular flexibility index (Phi) is 4.63. The predicted molar refractivity (Wildman–Crippen MR) is 94.1 cm³/mol. The number of benzene rings is 1. The van der Waals surface area contributed by atoms with E-state index in [-0.39, 0.29) is 17.8 Å². The van der Waals surface area contributed by atoms with Crippen molar-refractivity contribution in [2.75, 3.05) is 6.61 Å². The van der Waals surface area contributed by atoms with E-state index < -0.39 is 24.6 Å². The Morgan fingerprint density at radius 3 is 2.74 bits per heavy atom. The van der Waals surface area contributed by atoms with Crippen molar-refractivity contribution in [3.05, 3.63) is 59.1 Å². The first-order valence-corrected chi connectivity index (χ1v) is 8.34. The van der Waals surface area contributed by atoms with Crippen LogP contribution in [0.3, 0.4) is 0 Å². The summed E-state index contributed by atoms with van der Waals surface area (Å²) in [4.78, 5) is 16.9. The van der Waals surface area contributed by atoms with Crippen molar-refractivity contribution in [1.29, 1.82) is 0 Å². The molecule has 2 aromatic heterocycles. The highest BCUT2D eigenvalue weighted by Crippen LogP contribution is 2.25. The monoisotopic (exact) mass is 371 g/mol. The predicted octanol–water partition coefficient (Wildman–Crippen LogP) is 0.673. The summed E-state index contributed by atoms with van der Waals surface area (Å²) in [5.74, 6) is 0.281. The summed E-state index contributed by atoms with van der Waals surface area (Å²) >= 11 is 0. The molecule has 1 aromatic carbocycles. The molecule has 1 saturated heterocycles. The van der Waals surface area contributed by atoms with Crippen LogP contribution < -0.4 is 10.2 Å². The Morgan fingerprint density at radius 2 is 1.96 bits per heavy atom. The van der Waals surface area contributed by atoms with E-state index in [1.807, 2.05) is 0 Å². The van der Waals surface area contributed by atoms with E-state index in [0.29, 0.717) is 22.2 Å². The number of rotatable bonds is 3. The largest absolute Gasteiger partial charge is 0.463 e. The molecule has 0 aliphatic carbocycles. The minimum Gasteiger partial charge on any atom is -0.463 e. The number of aliphatic hydroxyl groups is 3. The molecule has 4 rings (SSSR count). The quantitative estimate of drug-likeness (QED) is 0.614. The Labute approximate surface area is 153 Å². The van der Waals surface area contributed by atoms with Crippen LogP contribution in [0.2, 0.25) is 0 Å². The van der Waals surface area contributed by atoms with Gasteiger partial charge in [-0.1, -0.05) is 6.07 Å². The van der Waals surface area contributed by atoms with Crippen LogP contribution in [0.15, 0.2) is 58.1 Å². The van der Waals surface area contributed by atoms with Gasteiger partial charge in [0.2, 0.25) is 11.7 Å². The second-order valence-electron chi connectivity index (χ2n) is 6.22. The summed E-state index contributed by atoms with van der Waals surface area (Å²) in [5, 5.41) is 29.5. The second kappa shape index (κ2) is 7.09. The lowest BCUT2D eigenvalue weighted by atomic mass is 10.1. The fourth-order valence-corrected chi connectivity index (χ4v) is 2.90. The highest BCUT2D eigenvalue weighted by atomic mass is 16.7.